The third-order valence-electron chi connectivity index (χ3n) is 1.84. The van der Waals surface area contributed by atoms with Crippen LogP contribution in [0.25, 0.3) is 0 Å². The quantitative estimate of drug-likeness (QED) is 0.721. The Kier molecular flexibility index (Phi) is 5.37. The standard InChI is InChI=1S/C11H11N3.H2O4S/c1-9-4-2-5-10(8-9)14-11-12-6-3-7-13-11;1-5(2,3)4/h2-8H,1H3,(H,12,13,14);(H2,1,2,3,4). The van der Waals surface area contributed by atoms with E-state index in [4.69, 9.17) is 17.5 Å². The van der Waals surface area contributed by atoms with Crippen molar-refractivity contribution in [3.05, 3.63) is 48.3 Å². The van der Waals surface area contributed by atoms with Crippen LogP contribution in [-0.4, -0.2) is 27.5 Å². The zero-order chi connectivity index (χ0) is 14.3. The van der Waals surface area contributed by atoms with Crippen LogP contribution >= 0.6 is 0 Å². The van der Waals surface area contributed by atoms with Crippen molar-refractivity contribution < 1.29 is 17.5 Å². The van der Waals surface area contributed by atoms with Crippen molar-refractivity contribution in [3.63, 3.8) is 0 Å². The molecule has 1 aromatic carbocycles. The fourth-order valence-corrected chi connectivity index (χ4v) is 1.22. The maximum absolute atomic E-state index is 8.74. The lowest BCUT2D eigenvalue weighted by Gasteiger charge is -2.03. The molecule has 0 aliphatic rings. The lowest BCUT2D eigenvalue weighted by atomic mass is 10.2. The highest BCUT2D eigenvalue weighted by atomic mass is 32.3. The number of anilines is 2. The first-order chi connectivity index (χ1) is 8.84. The van der Waals surface area contributed by atoms with Crippen LogP contribution in [0.5, 0.6) is 0 Å². The van der Waals surface area contributed by atoms with E-state index in [0.29, 0.717) is 5.95 Å². The zero-order valence-electron chi connectivity index (χ0n) is 10.1. The van der Waals surface area contributed by atoms with Crippen LogP contribution in [0, 0.1) is 6.92 Å². The molecule has 0 spiro atoms. The second kappa shape index (κ2) is 6.78. The van der Waals surface area contributed by atoms with Crippen LogP contribution in [0.1, 0.15) is 5.56 Å². The minimum atomic E-state index is -4.67. The Balaban J connectivity index is 0.000000312. The van der Waals surface area contributed by atoms with Gasteiger partial charge in [-0.15, -0.1) is 0 Å². The van der Waals surface area contributed by atoms with E-state index in [1.807, 2.05) is 12.1 Å². The van der Waals surface area contributed by atoms with Gasteiger partial charge in [-0.25, -0.2) is 9.97 Å². The summed E-state index contributed by atoms with van der Waals surface area (Å²) in [6.45, 7) is 2.05. The summed E-state index contributed by atoms with van der Waals surface area (Å²) in [6.07, 6.45) is 3.43. The van der Waals surface area contributed by atoms with Crippen molar-refractivity contribution in [2.45, 2.75) is 6.92 Å². The summed E-state index contributed by atoms with van der Waals surface area (Å²) in [7, 11) is -4.67. The fourth-order valence-electron chi connectivity index (χ4n) is 1.22. The van der Waals surface area contributed by atoms with Gasteiger partial charge in [0.15, 0.2) is 0 Å². The Morgan fingerprint density at radius 3 is 2.21 bits per heavy atom. The molecule has 0 fully saturated rings. The summed E-state index contributed by atoms with van der Waals surface area (Å²) in [5, 5.41) is 3.12. The smallest absolute Gasteiger partial charge is 0.324 e. The van der Waals surface area contributed by atoms with Gasteiger partial charge in [0, 0.05) is 18.1 Å². The number of rotatable bonds is 2. The first kappa shape index (κ1) is 15.0. The number of aryl methyl sites for hydroxylation is 1. The Hall–Kier alpha value is -2.03. The highest BCUT2D eigenvalue weighted by Gasteiger charge is 1.95. The summed E-state index contributed by atoms with van der Waals surface area (Å²) >= 11 is 0. The second-order valence-electron chi connectivity index (χ2n) is 3.51. The van der Waals surface area contributed by atoms with Crippen molar-refractivity contribution in [2.75, 3.05) is 5.32 Å². The van der Waals surface area contributed by atoms with Gasteiger partial charge in [0.05, 0.1) is 0 Å². The van der Waals surface area contributed by atoms with Gasteiger partial charge < -0.3 is 5.32 Å². The normalized spacial score (nSPS) is 10.3. The molecule has 1 aromatic heterocycles. The molecule has 0 bridgehead atoms. The molecule has 3 N–H and O–H groups in total. The molecule has 2 aromatic rings. The topological polar surface area (TPSA) is 112 Å². The Morgan fingerprint density at radius 2 is 1.68 bits per heavy atom. The van der Waals surface area contributed by atoms with Gasteiger partial charge in [-0.1, -0.05) is 12.1 Å². The Labute approximate surface area is 110 Å². The largest absolute Gasteiger partial charge is 0.394 e. The number of benzene rings is 1. The van der Waals surface area contributed by atoms with Gasteiger partial charge in [-0.05, 0) is 30.7 Å². The van der Waals surface area contributed by atoms with Gasteiger partial charge in [0.1, 0.15) is 0 Å². The molecule has 1 heterocycles. The van der Waals surface area contributed by atoms with E-state index < -0.39 is 10.4 Å². The van der Waals surface area contributed by atoms with Gasteiger partial charge in [0.2, 0.25) is 5.95 Å². The molecular weight excluding hydrogens is 270 g/mol. The van der Waals surface area contributed by atoms with E-state index in [0.717, 1.165) is 5.69 Å². The maximum atomic E-state index is 8.74. The SMILES string of the molecule is Cc1cccc(Nc2ncccn2)c1.O=S(=O)(O)O. The number of hydrogen-bond donors (Lipinski definition) is 3. The molecule has 8 heteroatoms. The average molecular weight is 283 g/mol. The summed E-state index contributed by atoms with van der Waals surface area (Å²) < 4.78 is 31.6. The lowest BCUT2D eigenvalue weighted by molar-refractivity contribution is 0.381. The van der Waals surface area contributed by atoms with Gasteiger partial charge in [-0.2, -0.15) is 8.42 Å². The van der Waals surface area contributed by atoms with E-state index in [1.165, 1.54) is 5.56 Å². The van der Waals surface area contributed by atoms with Crippen molar-refractivity contribution >= 4 is 22.0 Å². The highest BCUT2D eigenvalue weighted by molar-refractivity contribution is 7.79. The van der Waals surface area contributed by atoms with Crippen LogP contribution in [-0.2, 0) is 10.4 Å². The van der Waals surface area contributed by atoms with Crippen LogP contribution < -0.4 is 5.32 Å². The molecular formula is C11H13N3O4S. The monoisotopic (exact) mass is 283 g/mol. The first-order valence-corrected chi connectivity index (χ1v) is 6.55. The maximum Gasteiger partial charge on any atom is 0.394 e. The molecule has 19 heavy (non-hydrogen) atoms. The summed E-state index contributed by atoms with van der Waals surface area (Å²) in [6, 6.07) is 9.89. The van der Waals surface area contributed by atoms with Gasteiger partial charge >= 0.3 is 10.4 Å². The molecule has 102 valence electrons. The molecule has 0 atom stereocenters. The van der Waals surface area contributed by atoms with Crippen LogP contribution in [0.4, 0.5) is 11.6 Å². The molecule has 0 unspecified atom stereocenters. The summed E-state index contributed by atoms with van der Waals surface area (Å²) in [5.74, 6) is 0.623. The number of hydrogen-bond acceptors (Lipinski definition) is 5. The van der Waals surface area contributed by atoms with Crippen LogP contribution in [0.2, 0.25) is 0 Å². The van der Waals surface area contributed by atoms with E-state index in [9.17, 15) is 0 Å². The van der Waals surface area contributed by atoms with E-state index in [-0.39, 0.29) is 0 Å². The molecule has 2 rings (SSSR count). The molecule has 0 aliphatic heterocycles. The van der Waals surface area contributed by atoms with Crippen LogP contribution in [0.3, 0.4) is 0 Å². The Morgan fingerprint density at radius 1 is 1.11 bits per heavy atom. The molecule has 0 saturated heterocycles. The van der Waals surface area contributed by atoms with Gasteiger partial charge in [0.25, 0.3) is 0 Å². The van der Waals surface area contributed by atoms with Crippen molar-refractivity contribution in [2.24, 2.45) is 0 Å². The predicted octanol–water partition coefficient (Wildman–Crippen LogP) is 1.88. The number of nitrogens with zero attached hydrogens (tertiary/aromatic N) is 2. The third-order valence-corrected chi connectivity index (χ3v) is 1.84. The molecule has 0 radical (unpaired) electrons. The minimum absolute atomic E-state index is 0.623. The van der Waals surface area contributed by atoms with E-state index in [1.54, 1.807) is 18.5 Å². The number of nitrogens with one attached hydrogen (secondary N) is 1. The lowest BCUT2D eigenvalue weighted by Crippen LogP contribution is -1.95. The summed E-state index contributed by atoms with van der Waals surface area (Å²) in [5.41, 5.74) is 2.22. The van der Waals surface area contributed by atoms with Crippen LogP contribution in [0.15, 0.2) is 42.7 Å². The second-order valence-corrected chi connectivity index (χ2v) is 4.41. The molecule has 7 nitrogen and oxygen atoms in total. The van der Waals surface area contributed by atoms with Gasteiger partial charge in [-0.3, -0.25) is 9.11 Å². The van der Waals surface area contributed by atoms with Crippen molar-refractivity contribution in [3.8, 4) is 0 Å². The van der Waals surface area contributed by atoms with Crippen molar-refractivity contribution in [1.29, 1.82) is 0 Å². The first-order valence-electron chi connectivity index (χ1n) is 5.15. The predicted molar refractivity (Wildman–Crippen MR) is 70.7 cm³/mol. The van der Waals surface area contributed by atoms with E-state index in [2.05, 4.69) is 34.3 Å². The molecule has 0 aliphatic carbocycles. The fraction of sp³-hybridized carbons (Fsp3) is 0.0909. The third kappa shape index (κ3) is 7.82. The highest BCUT2D eigenvalue weighted by Crippen LogP contribution is 2.13. The Bertz CT molecular complexity index is 609. The number of aromatic nitrogens is 2. The minimum Gasteiger partial charge on any atom is -0.324 e. The summed E-state index contributed by atoms with van der Waals surface area (Å²) in [4.78, 5) is 8.16. The average Bonchev–Trinajstić information content (AvgIpc) is 2.28. The van der Waals surface area contributed by atoms with Crippen molar-refractivity contribution in [1.82, 2.24) is 9.97 Å². The zero-order valence-corrected chi connectivity index (χ0v) is 10.9. The molecule has 0 amide bonds. The molecule has 0 saturated carbocycles. The van der Waals surface area contributed by atoms with E-state index >= 15 is 0 Å².